The number of carbonyl (C=O) groups is 1. The van der Waals surface area contributed by atoms with Gasteiger partial charge in [-0.05, 0) is 19.9 Å². The van der Waals surface area contributed by atoms with Crippen LogP contribution in [0.5, 0.6) is 0 Å². The molecule has 0 aromatic carbocycles. The Kier molecular flexibility index (Phi) is 4.74. The highest BCUT2D eigenvalue weighted by molar-refractivity contribution is 7.84. The Morgan fingerprint density at radius 2 is 2.24 bits per heavy atom. The largest absolute Gasteiger partial charge is 0.397 e. The summed E-state index contributed by atoms with van der Waals surface area (Å²) in [5, 5.41) is 2.73. The van der Waals surface area contributed by atoms with E-state index in [0.29, 0.717) is 23.7 Å². The minimum atomic E-state index is -0.894. The molecule has 5 nitrogen and oxygen atoms in total. The molecule has 1 unspecified atom stereocenters. The van der Waals surface area contributed by atoms with E-state index in [4.69, 9.17) is 5.73 Å². The summed E-state index contributed by atoms with van der Waals surface area (Å²) < 4.78 is 12.7. The van der Waals surface area contributed by atoms with Crippen LogP contribution >= 0.6 is 0 Å². The first-order chi connectivity index (χ1) is 7.91. The van der Waals surface area contributed by atoms with Gasteiger partial charge in [0.25, 0.3) is 5.91 Å². The third-order valence-electron chi connectivity index (χ3n) is 2.33. The van der Waals surface area contributed by atoms with Crippen LogP contribution in [0.1, 0.15) is 30.4 Å². The lowest BCUT2D eigenvalue weighted by Gasteiger charge is -2.12. The quantitative estimate of drug-likeness (QED) is 0.817. The lowest BCUT2D eigenvalue weighted by molar-refractivity contribution is 0.0945. The normalized spacial score (nSPS) is 12.7. The molecule has 0 saturated heterocycles. The molecule has 17 heavy (non-hydrogen) atoms. The van der Waals surface area contributed by atoms with Gasteiger partial charge in [-0.25, -0.2) is 0 Å². The van der Waals surface area contributed by atoms with Crippen molar-refractivity contribution in [2.45, 2.75) is 19.9 Å². The Morgan fingerprint density at radius 3 is 2.76 bits per heavy atom. The topological polar surface area (TPSA) is 77.1 Å². The number of nitrogens with two attached hydrogens (primary N) is 1. The Hall–Kier alpha value is -1.30. The molecule has 0 aliphatic rings. The molecule has 0 saturated carbocycles. The molecule has 0 bridgehead atoms. The average Bonchev–Trinajstić information content (AvgIpc) is 2.59. The standard InChI is InChI=1S/C11H19N3O2S/c1-8(2)14-7-9(12)6-10(14)11(15)13-4-5-17(3)16/h6-8H,4-5,12H2,1-3H3,(H,13,15). The van der Waals surface area contributed by atoms with Crippen LogP contribution in [0, 0.1) is 0 Å². The van der Waals surface area contributed by atoms with Crippen molar-refractivity contribution in [2.75, 3.05) is 24.3 Å². The van der Waals surface area contributed by atoms with E-state index in [1.54, 1.807) is 18.5 Å². The molecule has 0 aliphatic carbocycles. The predicted octanol–water partition coefficient (Wildman–Crippen LogP) is 0.760. The number of hydrogen-bond acceptors (Lipinski definition) is 3. The van der Waals surface area contributed by atoms with Crippen LogP contribution in [0.3, 0.4) is 0 Å². The van der Waals surface area contributed by atoms with Crippen molar-refractivity contribution in [2.24, 2.45) is 0 Å². The predicted molar refractivity (Wildman–Crippen MR) is 70.5 cm³/mol. The zero-order valence-corrected chi connectivity index (χ0v) is 11.2. The number of amides is 1. The highest BCUT2D eigenvalue weighted by atomic mass is 32.2. The summed E-state index contributed by atoms with van der Waals surface area (Å²) in [4.78, 5) is 11.9. The fourth-order valence-electron chi connectivity index (χ4n) is 1.51. The Morgan fingerprint density at radius 1 is 1.59 bits per heavy atom. The van der Waals surface area contributed by atoms with Crippen molar-refractivity contribution in [1.29, 1.82) is 0 Å². The van der Waals surface area contributed by atoms with Gasteiger partial charge < -0.3 is 15.6 Å². The summed E-state index contributed by atoms with van der Waals surface area (Å²) in [6, 6.07) is 1.83. The van der Waals surface area contributed by atoms with Crippen molar-refractivity contribution in [3.63, 3.8) is 0 Å². The molecule has 1 aromatic heterocycles. The van der Waals surface area contributed by atoms with E-state index in [1.807, 2.05) is 18.4 Å². The highest BCUT2D eigenvalue weighted by Gasteiger charge is 2.14. The van der Waals surface area contributed by atoms with Crippen LogP contribution in [0.4, 0.5) is 5.69 Å². The van der Waals surface area contributed by atoms with Crippen molar-refractivity contribution < 1.29 is 9.00 Å². The summed E-state index contributed by atoms with van der Waals surface area (Å²) in [7, 11) is -0.894. The molecule has 1 atom stereocenters. The van der Waals surface area contributed by atoms with E-state index in [9.17, 15) is 9.00 Å². The Balaban J connectivity index is 2.71. The van der Waals surface area contributed by atoms with E-state index >= 15 is 0 Å². The third-order valence-corrected chi connectivity index (χ3v) is 3.11. The Bertz CT molecular complexity index is 426. The van der Waals surface area contributed by atoms with Gasteiger partial charge in [0.2, 0.25) is 0 Å². The summed E-state index contributed by atoms with van der Waals surface area (Å²) in [5.74, 6) is 0.282. The maximum atomic E-state index is 11.9. The van der Waals surface area contributed by atoms with Crippen molar-refractivity contribution in [3.8, 4) is 0 Å². The molecule has 0 spiro atoms. The number of anilines is 1. The van der Waals surface area contributed by atoms with E-state index < -0.39 is 10.8 Å². The molecule has 1 aromatic rings. The third kappa shape index (κ3) is 3.89. The zero-order valence-electron chi connectivity index (χ0n) is 10.4. The van der Waals surface area contributed by atoms with Crippen LogP contribution in [-0.2, 0) is 10.8 Å². The van der Waals surface area contributed by atoms with Crippen LogP contribution < -0.4 is 11.1 Å². The monoisotopic (exact) mass is 257 g/mol. The molecule has 0 aliphatic heterocycles. The lowest BCUT2D eigenvalue weighted by atomic mass is 10.3. The van der Waals surface area contributed by atoms with Gasteiger partial charge in [-0.3, -0.25) is 9.00 Å². The molecular formula is C11H19N3O2S. The van der Waals surface area contributed by atoms with E-state index in [1.165, 1.54) is 0 Å². The second-order valence-electron chi connectivity index (χ2n) is 4.19. The summed E-state index contributed by atoms with van der Waals surface area (Å²) in [6.07, 6.45) is 3.36. The number of hydrogen-bond donors (Lipinski definition) is 2. The number of carbonyl (C=O) groups excluding carboxylic acids is 1. The van der Waals surface area contributed by atoms with E-state index in [2.05, 4.69) is 5.32 Å². The Labute approximate surface area is 104 Å². The first kappa shape index (κ1) is 13.8. The number of aromatic nitrogens is 1. The maximum Gasteiger partial charge on any atom is 0.268 e. The second-order valence-corrected chi connectivity index (χ2v) is 5.75. The molecule has 96 valence electrons. The van der Waals surface area contributed by atoms with Crippen LogP contribution in [0.2, 0.25) is 0 Å². The first-order valence-corrected chi connectivity index (χ1v) is 7.20. The highest BCUT2D eigenvalue weighted by Crippen LogP contribution is 2.16. The van der Waals surface area contributed by atoms with E-state index in [0.717, 1.165) is 0 Å². The van der Waals surface area contributed by atoms with Crippen molar-refractivity contribution in [1.82, 2.24) is 9.88 Å². The van der Waals surface area contributed by atoms with Crippen LogP contribution in [0.15, 0.2) is 12.3 Å². The molecule has 0 fully saturated rings. The van der Waals surface area contributed by atoms with Gasteiger partial charge in [0, 0.05) is 41.6 Å². The second kappa shape index (κ2) is 5.86. The fraction of sp³-hybridized carbons (Fsp3) is 0.545. The van der Waals surface area contributed by atoms with Gasteiger partial charge >= 0.3 is 0 Å². The molecule has 1 heterocycles. The molecule has 3 N–H and O–H groups in total. The van der Waals surface area contributed by atoms with Crippen molar-refractivity contribution in [3.05, 3.63) is 18.0 Å². The minimum absolute atomic E-state index is 0.174. The summed E-state index contributed by atoms with van der Waals surface area (Å²) >= 11 is 0. The van der Waals surface area contributed by atoms with E-state index in [-0.39, 0.29) is 11.9 Å². The van der Waals surface area contributed by atoms with Gasteiger partial charge in [-0.15, -0.1) is 0 Å². The maximum absolute atomic E-state index is 11.9. The number of nitrogen functional groups attached to an aromatic ring is 1. The number of nitrogens with one attached hydrogen (secondary N) is 1. The minimum Gasteiger partial charge on any atom is -0.397 e. The first-order valence-electron chi connectivity index (χ1n) is 5.47. The van der Waals surface area contributed by atoms with Gasteiger partial charge in [0.1, 0.15) is 5.69 Å². The van der Waals surface area contributed by atoms with Crippen molar-refractivity contribution >= 4 is 22.4 Å². The molecule has 1 rings (SSSR count). The fourth-order valence-corrected chi connectivity index (χ4v) is 1.90. The van der Waals surface area contributed by atoms with Gasteiger partial charge in [0.15, 0.2) is 0 Å². The number of nitrogens with zero attached hydrogens (tertiary/aromatic N) is 1. The molecule has 0 radical (unpaired) electrons. The molecule has 1 amide bonds. The SMILES string of the molecule is CC(C)n1cc(N)cc1C(=O)NCCS(C)=O. The lowest BCUT2D eigenvalue weighted by Crippen LogP contribution is -2.29. The number of rotatable bonds is 5. The summed E-state index contributed by atoms with van der Waals surface area (Å²) in [5.41, 5.74) is 6.80. The average molecular weight is 257 g/mol. The zero-order chi connectivity index (χ0) is 13.0. The van der Waals surface area contributed by atoms with Gasteiger partial charge in [-0.1, -0.05) is 0 Å². The van der Waals surface area contributed by atoms with Gasteiger partial charge in [-0.2, -0.15) is 0 Å². The summed E-state index contributed by atoms with van der Waals surface area (Å²) in [6.45, 7) is 4.37. The van der Waals surface area contributed by atoms with Crippen LogP contribution in [-0.4, -0.2) is 33.2 Å². The smallest absolute Gasteiger partial charge is 0.268 e. The molecular weight excluding hydrogens is 238 g/mol. The van der Waals surface area contributed by atoms with Gasteiger partial charge in [0.05, 0.1) is 5.69 Å². The molecule has 6 heteroatoms. The van der Waals surface area contributed by atoms with Crippen LogP contribution in [0.25, 0.3) is 0 Å².